The quantitative estimate of drug-likeness (QED) is 0.456. The molecule has 0 saturated carbocycles. The molecule has 0 aromatic heterocycles. The molecule has 1 amide bonds. The van der Waals surface area contributed by atoms with Crippen molar-refractivity contribution in [1.29, 1.82) is 0 Å². The summed E-state index contributed by atoms with van der Waals surface area (Å²) in [5, 5.41) is 20.7. The second kappa shape index (κ2) is 6.93. The molecule has 1 fully saturated rings. The number of thioether (sulfide) groups is 1. The molecule has 8 heteroatoms. The van der Waals surface area contributed by atoms with Gasteiger partial charge < -0.3 is 15.2 Å². The summed E-state index contributed by atoms with van der Waals surface area (Å²) < 4.78 is 6.01. The highest BCUT2D eigenvalue weighted by molar-refractivity contribution is 14.1. The Balaban J connectivity index is 2.15. The van der Waals surface area contributed by atoms with E-state index in [4.69, 9.17) is 4.74 Å². The number of nitrogens with zero attached hydrogens (tertiary/aromatic N) is 2. The minimum absolute atomic E-state index is 0.0678. The van der Waals surface area contributed by atoms with Crippen molar-refractivity contribution in [3.8, 4) is 11.5 Å². The summed E-state index contributed by atoms with van der Waals surface area (Å²) in [4.78, 5) is 11.0. The van der Waals surface area contributed by atoms with Crippen LogP contribution in [0.5, 0.6) is 11.5 Å². The Morgan fingerprint density at radius 1 is 1.60 bits per heavy atom. The van der Waals surface area contributed by atoms with Crippen molar-refractivity contribution in [2.24, 2.45) is 10.2 Å². The van der Waals surface area contributed by atoms with Crippen LogP contribution in [0.2, 0.25) is 0 Å². The van der Waals surface area contributed by atoms with E-state index in [2.05, 4.69) is 15.5 Å². The van der Waals surface area contributed by atoms with E-state index in [9.17, 15) is 9.90 Å². The Morgan fingerprint density at radius 3 is 3.05 bits per heavy atom. The van der Waals surface area contributed by atoms with Gasteiger partial charge >= 0.3 is 0 Å². The minimum Gasteiger partial charge on any atom is -0.504 e. The monoisotopic (exact) mass is 405 g/mol. The third-order valence-electron chi connectivity index (χ3n) is 2.29. The molecule has 106 valence electrons. The first kappa shape index (κ1) is 15.1. The van der Waals surface area contributed by atoms with Crippen molar-refractivity contribution in [3.05, 3.63) is 21.3 Å². The Morgan fingerprint density at radius 2 is 2.40 bits per heavy atom. The molecule has 6 nitrogen and oxygen atoms in total. The lowest BCUT2D eigenvalue weighted by atomic mass is 10.2. The fraction of sp³-hybridized carbons (Fsp3) is 0.250. The zero-order valence-electron chi connectivity index (χ0n) is 10.6. The number of carbonyl (C=O) groups is 1. The number of phenols is 1. The van der Waals surface area contributed by atoms with Gasteiger partial charge in [-0.15, -0.1) is 5.10 Å². The van der Waals surface area contributed by atoms with Crippen LogP contribution in [0.15, 0.2) is 22.3 Å². The lowest BCUT2D eigenvalue weighted by Crippen LogP contribution is -2.19. The summed E-state index contributed by atoms with van der Waals surface area (Å²) in [6, 6.07) is 3.45. The first-order valence-electron chi connectivity index (χ1n) is 5.79. The molecule has 1 aromatic rings. The van der Waals surface area contributed by atoms with E-state index in [0.717, 1.165) is 5.56 Å². The molecular weight excluding hydrogens is 393 g/mol. The number of carbonyl (C=O) groups excluding carboxylic acids is 1. The maximum atomic E-state index is 11.0. The summed E-state index contributed by atoms with van der Waals surface area (Å²) in [5.41, 5.74) is 0.759. The van der Waals surface area contributed by atoms with Crippen LogP contribution in [0.3, 0.4) is 0 Å². The van der Waals surface area contributed by atoms with Gasteiger partial charge in [0, 0.05) is 0 Å². The van der Waals surface area contributed by atoms with Crippen molar-refractivity contribution < 1.29 is 14.6 Å². The number of hydrogen-bond acceptors (Lipinski definition) is 6. The molecule has 1 aliphatic heterocycles. The maximum Gasteiger partial charge on any atom is 0.236 e. The molecule has 0 radical (unpaired) electrons. The van der Waals surface area contributed by atoms with Gasteiger partial charge in [-0.1, -0.05) is 11.8 Å². The average molecular weight is 405 g/mol. The van der Waals surface area contributed by atoms with Gasteiger partial charge in [-0.25, -0.2) is 0 Å². The summed E-state index contributed by atoms with van der Waals surface area (Å²) in [6.45, 7) is 2.31. The predicted octanol–water partition coefficient (Wildman–Crippen LogP) is 1.95. The van der Waals surface area contributed by atoms with Crippen LogP contribution < -0.4 is 10.1 Å². The van der Waals surface area contributed by atoms with Crippen molar-refractivity contribution in [2.45, 2.75) is 6.92 Å². The van der Waals surface area contributed by atoms with Crippen LogP contribution in [0.4, 0.5) is 0 Å². The highest BCUT2D eigenvalue weighted by Gasteiger charge is 2.16. The molecule has 0 aliphatic carbocycles. The third kappa shape index (κ3) is 3.85. The van der Waals surface area contributed by atoms with Crippen LogP contribution in [0, 0.1) is 3.57 Å². The van der Waals surface area contributed by atoms with Gasteiger partial charge in [0.2, 0.25) is 5.91 Å². The summed E-state index contributed by atoms with van der Waals surface area (Å²) in [7, 11) is 0. The molecule has 2 N–H and O–H groups in total. The van der Waals surface area contributed by atoms with Gasteiger partial charge in [0.25, 0.3) is 0 Å². The molecule has 1 aliphatic rings. The zero-order chi connectivity index (χ0) is 14.5. The Kier molecular flexibility index (Phi) is 5.24. The Hall–Kier alpha value is -1.29. The molecule has 1 saturated heterocycles. The van der Waals surface area contributed by atoms with E-state index >= 15 is 0 Å². The van der Waals surface area contributed by atoms with E-state index in [0.29, 0.717) is 26.8 Å². The number of aromatic hydroxyl groups is 1. The summed E-state index contributed by atoms with van der Waals surface area (Å²) in [5.74, 6) is 0.841. The predicted molar refractivity (Wildman–Crippen MR) is 87.6 cm³/mol. The highest BCUT2D eigenvalue weighted by Crippen LogP contribution is 2.32. The van der Waals surface area contributed by atoms with Crippen LogP contribution in [0.1, 0.15) is 12.5 Å². The fourth-order valence-electron chi connectivity index (χ4n) is 1.46. The number of nitrogens with one attached hydrogen (secondary N) is 1. The first-order chi connectivity index (χ1) is 9.60. The number of benzene rings is 1. The van der Waals surface area contributed by atoms with E-state index in [1.54, 1.807) is 18.3 Å². The Bertz CT molecular complexity index is 590. The molecule has 0 bridgehead atoms. The van der Waals surface area contributed by atoms with E-state index in [1.807, 2.05) is 29.5 Å². The number of amidine groups is 1. The number of halogens is 1. The standard InChI is InChI=1S/C12H12IN3O3S/c1-2-19-9-4-7(3-8(13)11(9)18)5-14-16-12-15-10(17)6-20-12/h3-5,18H,2,6H2,1H3,(H,15,16,17)/b14-5+. The van der Waals surface area contributed by atoms with Crippen molar-refractivity contribution >= 4 is 51.6 Å². The normalized spacial score (nSPS) is 16.9. The second-order valence-electron chi connectivity index (χ2n) is 3.77. The average Bonchev–Trinajstić information content (AvgIpc) is 2.81. The topological polar surface area (TPSA) is 83.3 Å². The summed E-state index contributed by atoms with van der Waals surface area (Å²) >= 11 is 3.33. The highest BCUT2D eigenvalue weighted by atomic mass is 127. The van der Waals surface area contributed by atoms with Crippen molar-refractivity contribution in [3.63, 3.8) is 0 Å². The lowest BCUT2D eigenvalue weighted by Gasteiger charge is -2.08. The maximum absolute atomic E-state index is 11.0. The number of hydrogen-bond donors (Lipinski definition) is 2. The van der Waals surface area contributed by atoms with Gasteiger partial charge in [0.15, 0.2) is 16.7 Å². The van der Waals surface area contributed by atoms with E-state index in [-0.39, 0.29) is 11.7 Å². The van der Waals surface area contributed by atoms with Gasteiger partial charge in [-0.05, 0) is 47.2 Å². The Labute approximate surface area is 133 Å². The minimum atomic E-state index is -0.0678. The van der Waals surface area contributed by atoms with E-state index < -0.39 is 0 Å². The van der Waals surface area contributed by atoms with Gasteiger partial charge in [-0.3, -0.25) is 4.79 Å². The zero-order valence-corrected chi connectivity index (χ0v) is 13.6. The molecule has 0 atom stereocenters. The molecule has 1 heterocycles. The number of amides is 1. The molecule has 20 heavy (non-hydrogen) atoms. The van der Waals surface area contributed by atoms with Crippen LogP contribution in [-0.2, 0) is 4.79 Å². The number of ether oxygens (including phenoxy) is 1. The smallest absolute Gasteiger partial charge is 0.236 e. The van der Waals surface area contributed by atoms with Gasteiger partial charge in [0.05, 0.1) is 22.1 Å². The SMILES string of the molecule is CCOc1cc(/C=N/N=C2/NC(=O)CS2)cc(I)c1O. The molecule has 0 unspecified atom stereocenters. The number of phenolic OH excluding ortho intramolecular Hbond substituents is 1. The van der Waals surface area contributed by atoms with Crippen LogP contribution in [0.25, 0.3) is 0 Å². The third-order valence-corrected chi connectivity index (χ3v) is 3.98. The van der Waals surface area contributed by atoms with Crippen molar-refractivity contribution in [1.82, 2.24) is 5.32 Å². The molecule has 2 rings (SSSR count). The molecule has 0 spiro atoms. The largest absolute Gasteiger partial charge is 0.504 e. The van der Waals surface area contributed by atoms with E-state index in [1.165, 1.54) is 11.8 Å². The van der Waals surface area contributed by atoms with Crippen LogP contribution in [-0.4, -0.2) is 34.8 Å². The fourth-order valence-corrected chi connectivity index (χ4v) is 2.72. The molecular formula is C12H12IN3O3S. The first-order valence-corrected chi connectivity index (χ1v) is 7.85. The van der Waals surface area contributed by atoms with Crippen molar-refractivity contribution in [2.75, 3.05) is 12.4 Å². The van der Waals surface area contributed by atoms with Gasteiger partial charge in [-0.2, -0.15) is 5.10 Å². The number of rotatable bonds is 4. The van der Waals surface area contributed by atoms with Crippen LogP contribution >= 0.6 is 34.4 Å². The second-order valence-corrected chi connectivity index (χ2v) is 5.90. The lowest BCUT2D eigenvalue weighted by molar-refractivity contribution is -0.116. The van der Waals surface area contributed by atoms with Gasteiger partial charge in [0.1, 0.15) is 0 Å². The summed E-state index contributed by atoms with van der Waals surface area (Å²) in [6.07, 6.45) is 1.54. The molecule has 1 aromatic carbocycles.